The number of phenols is 1. The van der Waals surface area contributed by atoms with Crippen molar-refractivity contribution < 1.29 is 5.11 Å². The summed E-state index contributed by atoms with van der Waals surface area (Å²) in [4.78, 5) is 10.7. The van der Waals surface area contributed by atoms with Gasteiger partial charge in [-0.3, -0.25) is 4.98 Å². The van der Waals surface area contributed by atoms with Gasteiger partial charge in [0.2, 0.25) is 0 Å². The number of phenolic OH excluding ortho intramolecular Hbond substituents is 1. The molecule has 0 saturated carbocycles. The molecule has 0 spiro atoms. The molecule has 0 fully saturated rings. The lowest BCUT2D eigenvalue weighted by molar-refractivity contribution is 0.446. The van der Waals surface area contributed by atoms with E-state index in [-0.39, 0.29) is 22.0 Å². The Morgan fingerprint density at radius 3 is 1.58 bits per heavy atom. The first kappa shape index (κ1) is 46.9. The topological polar surface area (TPSA) is 50.9 Å². The number of aromatic nitrogens is 3. The quantitative estimate of drug-likeness (QED) is 0.157. The molecule has 10 rings (SSSR count). The van der Waals surface area contributed by atoms with Crippen molar-refractivity contribution in [1.82, 2.24) is 14.5 Å². The van der Waals surface area contributed by atoms with Gasteiger partial charge in [-0.25, -0.2) is 4.98 Å². The van der Waals surface area contributed by atoms with Crippen LogP contribution in [0.3, 0.4) is 0 Å². The molecule has 0 unspecified atom stereocenters. The van der Waals surface area contributed by atoms with Crippen LogP contribution in [-0.2, 0) is 22.8 Å². The molecular formula is C67H63N3O. The lowest BCUT2D eigenvalue weighted by Gasteiger charge is -2.27. The summed E-state index contributed by atoms with van der Waals surface area (Å²) >= 11 is 0. The first-order chi connectivity index (χ1) is 34.0. The van der Waals surface area contributed by atoms with Crippen molar-refractivity contribution in [3.63, 3.8) is 0 Å². The zero-order valence-electron chi connectivity index (χ0n) is 42.5. The van der Waals surface area contributed by atoms with Crippen LogP contribution in [0.4, 0.5) is 0 Å². The molecule has 0 radical (unpaired) electrons. The second kappa shape index (κ2) is 18.5. The molecular weight excluding hydrogens is 863 g/mol. The summed E-state index contributed by atoms with van der Waals surface area (Å²) in [7, 11) is 0. The maximum atomic E-state index is 12.6. The van der Waals surface area contributed by atoms with Gasteiger partial charge in [-0.15, -0.1) is 0 Å². The highest BCUT2D eigenvalue weighted by Gasteiger charge is 2.29. The van der Waals surface area contributed by atoms with Gasteiger partial charge < -0.3 is 9.67 Å². The molecule has 8 aromatic carbocycles. The maximum absolute atomic E-state index is 12.6. The molecule has 352 valence electrons. The van der Waals surface area contributed by atoms with Gasteiger partial charge in [0, 0.05) is 22.9 Å². The Labute approximate surface area is 420 Å². The maximum Gasteiger partial charge on any atom is 0.145 e. The highest BCUT2D eigenvalue weighted by molar-refractivity contribution is 5.97. The first-order valence-corrected chi connectivity index (χ1v) is 24.9. The van der Waals surface area contributed by atoms with Crippen molar-refractivity contribution in [2.24, 2.45) is 0 Å². The van der Waals surface area contributed by atoms with Gasteiger partial charge in [0.25, 0.3) is 0 Å². The van der Waals surface area contributed by atoms with Crippen molar-refractivity contribution >= 4 is 11.0 Å². The van der Waals surface area contributed by atoms with Crippen LogP contribution in [0.5, 0.6) is 5.75 Å². The smallest absolute Gasteiger partial charge is 0.145 e. The van der Waals surface area contributed by atoms with Gasteiger partial charge in [-0.1, -0.05) is 214 Å². The molecule has 0 atom stereocenters. The van der Waals surface area contributed by atoms with Crippen molar-refractivity contribution in [2.45, 2.75) is 85.1 Å². The number of hydrogen-bond acceptors (Lipinski definition) is 3. The largest absolute Gasteiger partial charge is 0.507 e. The molecule has 4 nitrogen and oxygen atoms in total. The molecule has 2 heterocycles. The number of fused-ring (bicyclic) bond motifs is 1. The summed E-state index contributed by atoms with van der Waals surface area (Å²) in [6.07, 6.45) is 1.92. The number of para-hydroxylation sites is 1. The van der Waals surface area contributed by atoms with E-state index in [1.807, 2.05) is 6.20 Å². The summed E-state index contributed by atoms with van der Waals surface area (Å²) in [5.41, 5.74) is 19.7. The molecule has 71 heavy (non-hydrogen) atoms. The van der Waals surface area contributed by atoms with E-state index in [0.717, 1.165) is 78.2 Å². The van der Waals surface area contributed by atoms with Gasteiger partial charge in [-0.05, 0) is 125 Å². The summed E-state index contributed by atoms with van der Waals surface area (Å²) < 4.78 is 2.33. The Balaban J connectivity index is 1.19. The van der Waals surface area contributed by atoms with Crippen LogP contribution in [0.15, 0.2) is 200 Å². The minimum absolute atomic E-state index is 0.0372. The fraction of sp³-hybridized carbons (Fsp3) is 0.194. The number of nitrogens with zero attached hydrogens (tertiary/aromatic N) is 3. The van der Waals surface area contributed by atoms with E-state index in [4.69, 9.17) is 9.97 Å². The minimum atomic E-state index is -0.323. The predicted molar refractivity (Wildman–Crippen MR) is 299 cm³/mol. The monoisotopic (exact) mass is 925 g/mol. The van der Waals surface area contributed by atoms with Crippen LogP contribution in [0.2, 0.25) is 0 Å². The van der Waals surface area contributed by atoms with Crippen LogP contribution >= 0.6 is 0 Å². The number of imidazole rings is 1. The van der Waals surface area contributed by atoms with Crippen LogP contribution < -0.4 is 0 Å². The van der Waals surface area contributed by atoms with Crippen LogP contribution in [0.1, 0.15) is 84.6 Å². The van der Waals surface area contributed by atoms with Gasteiger partial charge in [0.05, 0.1) is 28.8 Å². The second-order valence-electron chi connectivity index (χ2n) is 22.1. The van der Waals surface area contributed by atoms with Crippen LogP contribution in [0.25, 0.3) is 89.3 Å². The molecule has 4 heteroatoms. The average Bonchev–Trinajstić information content (AvgIpc) is 3.74. The van der Waals surface area contributed by atoms with E-state index in [0.29, 0.717) is 6.54 Å². The second-order valence-corrected chi connectivity index (χ2v) is 22.1. The molecule has 0 bridgehead atoms. The molecule has 10 aromatic rings. The summed E-state index contributed by atoms with van der Waals surface area (Å²) in [6, 6.07) is 69.5. The SMILES string of the molecule is CC(C)(C)c1ccc(Cn2c(-c3cc(C(C)(C)C)cc(C(C)(C)C)c3O)nc3c(-c4cc(-c5ccccc5)cc(-c5cc(-c6ccc(-c7ccccc7)cc6)ccn5)c4)cccc32)c(-c2ccccc2)c1. The van der Waals surface area contributed by atoms with E-state index in [2.05, 4.69) is 261 Å². The third-order valence-corrected chi connectivity index (χ3v) is 13.9. The highest BCUT2D eigenvalue weighted by Crippen LogP contribution is 2.45. The summed E-state index contributed by atoms with van der Waals surface area (Å²) in [5.74, 6) is 0.997. The van der Waals surface area contributed by atoms with E-state index < -0.39 is 0 Å². The fourth-order valence-electron chi connectivity index (χ4n) is 9.77. The molecule has 0 aliphatic carbocycles. The number of benzene rings is 8. The Kier molecular flexibility index (Phi) is 12.2. The third-order valence-electron chi connectivity index (χ3n) is 13.9. The number of hydrogen-bond donors (Lipinski definition) is 1. The summed E-state index contributed by atoms with van der Waals surface area (Å²) in [6.45, 7) is 20.6. The van der Waals surface area contributed by atoms with Crippen LogP contribution in [-0.4, -0.2) is 19.6 Å². The van der Waals surface area contributed by atoms with Crippen molar-refractivity contribution in [3.8, 4) is 84.0 Å². The number of pyridine rings is 1. The normalized spacial score (nSPS) is 12.1. The molecule has 0 saturated heterocycles. The lowest BCUT2D eigenvalue weighted by Crippen LogP contribution is -2.17. The predicted octanol–water partition coefficient (Wildman–Crippen LogP) is 17.7. The Hall–Kier alpha value is -7.82. The van der Waals surface area contributed by atoms with Crippen molar-refractivity contribution in [1.29, 1.82) is 0 Å². The van der Waals surface area contributed by atoms with Crippen molar-refractivity contribution in [2.75, 3.05) is 0 Å². The van der Waals surface area contributed by atoms with Gasteiger partial charge in [-0.2, -0.15) is 0 Å². The highest BCUT2D eigenvalue weighted by atomic mass is 16.3. The van der Waals surface area contributed by atoms with E-state index in [1.54, 1.807) is 0 Å². The molecule has 0 amide bonds. The molecule has 1 N–H and O–H groups in total. The van der Waals surface area contributed by atoms with E-state index in [1.165, 1.54) is 33.4 Å². The third kappa shape index (κ3) is 9.60. The van der Waals surface area contributed by atoms with Crippen molar-refractivity contribution in [3.05, 3.63) is 223 Å². The Morgan fingerprint density at radius 1 is 0.408 bits per heavy atom. The number of rotatable bonds is 9. The van der Waals surface area contributed by atoms with Gasteiger partial charge >= 0.3 is 0 Å². The summed E-state index contributed by atoms with van der Waals surface area (Å²) in [5, 5.41) is 12.6. The van der Waals surface area contributed by atoms with E-state index in [9.17, 15) is 5.11 Å². The fourth-order valence-corrected chi connectivity index (χ4v) is 9.77. The standard InChI is InChI=1S/C67H63N3O/c1-65(2,3)54-33-32-50(57(40-54)48-24-17-12-18-25-48)43-70-61-27-19-26-56(62(61)69-64(70)58-41-55(66(4,5)6)42-59(63(58)71)67(7,8)9)52-36-51(45-22-15-11-16-23-45)37-53(38-52)60-39-49(34-35-68-60)47-30-28-46(29-31-47)44-20-13-10-14-21-44/h10-42,71H,43H2,1-9H3. The van der Waals surface area contributed by atoms with E-state index >= 15 is 0 Å². The molecule has 2 aromatic heterocycles. The lowest BCUT2D eigenvalue weighted by atomic mass is 9.79. The average molecular weight is 926 g/mol. The zero-order chi connectivity index (χ0) is 49.7. The minimum Gasteiger partial charge on any atom is -0.507 e. The Bertz CT molecular complexity index is 3530. The Morgan fingerprint density at radius 2 is 0.958 bits per heavy atom. The van der Waals surface area contributed by atoms with Gasteiger partial charge in [0.15, 0.2) is 0 Å². The number of aromatic hydroxyl groups is 1. The molecule has 0 aliphatic heterocycles. The molecule has 0 aliphatic rings. The van der Waals surface area contributed by atoms with Crippen LogP contribution in [0, 0.1) is 0 Å². The zero-order valence-corrected chi connectivity index (χ0v) is 42.5. The van der Waals surface area contributed by atoms with Gasteiger partial charge in [0.1, 0.15) is 11.6 Å². The first-order valence-electron chi connectivity index (χ1n) is 24.9.